The first-order valence-corrected chi connectivity index (χ1v) is 8.56. The van der Waals surface area contributed by atoms with Crippen LogP contribution in [0, 0.1) is 0 Å². The highest BCUT2D eigenvalue weighted by Gasteiger charge is 2.24. The minimum absolute atomic E-state index is 0.497. The molecule has 2 N–H and O–H groups in total. The summed E-state index contributed by atoms with van der Waals surface area (Å²) in [6, 6.07) is 6.94. The molecule has 1 unspecified atom stereocenters. The fourth-order valence-electron chi connectivity index (χ4n) is 2.80. The number of benzene rings is 1. The van der Waals surface area contributed by atoms with Gasteiger partial charge in [-0.2, -0.15) is 0 Å². The van der Waals surface area contributed by atoms with Gasteiger partial charge < -0.3 is 15.5 Å². The van der Waals surface area contributed by atoms with E-state index in [0.29, 0.717) is 11.0 Å². The van der Waals surface area contributed by atoms with Crippen molar-refractivity contribution in [2.75, 3.05) is 38.3 Å². The van der Waals surface area contributed by atoms with Crippen LogP contribution in [0.15, 0.2) is 23.1 Å². The topological polar surface area (TPSA) is 32.5 Å². The van der Waals surface area contributed by atoms with Crippen molar-refractivity contribution in [3.63, 3.8) is 0 Å². The molecule has 1 atom stereocenters. The fraction of sp³-hybridized carbons (Fsp3) is 0.533. The molecule has 3 nitrogen and oxygen atoms in total. The fourth-order valence-corrected chi connectivity index (χ4v) is 3.71. The van der Waals surface area contributed by atoms with Gasteiger partial charge in [0.1, 0.15) is 4.99 Å². The van der Waals surface area contributed by atoms with E-state index in [4.69, 9.17) is 18.0 Å². The average Bonchev–Trinajstić information content (AvgIpc) is 2.46. The Morgan fingerprint density at radius 2 is 2.20 bits per heavy atom. The molecule has 5 heteroatoms. The van der Waals surface area contributed by atoms with Crippen molar-refractivity contribution in [3.05, 3.63) is 23.8 Å². The maximum atomic E-state index is 5.97. The van der Waals surface area contributed by atoms with E-state index in [2.05, 4.69) is 48.4 Å². The zero-order chi connectivity index (χ0) is 14.7. The number of hydrogen-bond acceptors (Lipinski definition) is 4. The number of nitrogens with two attached hydrogens (primary N) is 1. The molecule has 1 aromatic rings. The molecule has 0 aromatic heterocycles. The quantitative estimate of drug-likeness (QED) is 0.683. The van der Waals surface area contributed by atoms with Crippen LogP contribution in [0.1, 0.15) is 18.4 Å². The molecule has 0 aliphatic carbocycles. The second-order valence-corrected chi connectivity index (χ2v) is 6.71. The van der Waals surface area contributed by atoms with Crippen LogP contribution in [0.25, 0.3) is 0 Å². The van der Waals surface area contributed by atoms with Gasteiger partial charge in [-0.1, -0.05) is 18.3 Å². The molecule has 1 fully saturated rings. The second kappa shape index (κ2) is 6.78. The van der Waals surface area contributed by atoms with Crippen LogP contribution >= 0.6 is 24.0 Å². The SMILES string of the molecule is CSc1cccc(N2CCCC(N(C)C)C2)c1C(N)=S. The molecule has 1 saturated heterocycles. The first-order chi connectivity index (χ1) is 9.54. The second-order valence-electron chi connectivity index (χ2n) is 5.42. The average molecular weight is 310 g/mol. The molecule has 1 aliphatic heterocycles. The van der Waals surface area contributed by atoms with Gasteiger partial charge in [-0.25, -0.2) is 0 Å². The van der Waals surface area contributed by atoms with Gasteiger partial charge in [0.2, 0.25) is 0 Å². The smallest absolute Gasteiger partial charge is 0.107 e. The molecule has 2 rings (SSSR count). The molecule has 1 aromatic carbocycles. The summed E-state index contributed by atoms with van der Waals surface area (Å²) in [5.41, 5.74) is 8.20. The first kappa shape index (κ1) is 15.6. The van der Waals surface area contributed by atoms with Crippen molar-refractivity contribution in [2.24, 2.45) is 5.73 Å². The Morgan fingerprint density at radius 3 is 2.80 bits per heavy atom. The highest BCUT2D eigenvalue weighted by molar-refractivity contribution is 7.98. The van der Waals surface area contributed by atoms with E-state index in [-0.39, 0.29) is 0 Å². The standard InChI is InChI=1S/C15H23N3S2/c1-17(2)11-6-5-9-18(10-11)12-7-4-8-13(20-3)14(12)15(16)19/h4,7-8,11H,5-6,9-10H2,1-3H3,(H2,16,19). The van der Waals surface area contributed by atoms with Crippen LogP contribution < -0.4 is 10.6 Å². The number of rotatable bonds is 4. The molecule has 20 heavy (non-hydrogen) atoms. The summed E-state index contributed by atoms with van der Waals surface area (Å²) >= 11 is 6.99. The lowest BCUT2D eigenvalue weighted by atomic mass is 10.0. The third-order valence-electron chi connectivity index (χ3n) is 3.94. The molecule has 0 spiro atoms. The maximum absolute atomic E-state index is 5.97. The lowest BCUT2D eigenvalue weighted by Gasteiger charge is -2.38. The van der Waals surface area contributed by atoms with Crippen LogP contribution in [-0.4, -0.2) is 49.4 Å². The third kappa shape index (κ3) is 3.27. The summed E-state index contributed by atoms with van der Waals surface area (Å²) in [7, 11) is 4.31. The lowest BCUT2D eigenvalue weighted by molar-refractivity contribution is 0.258. The summed E-state index contributed by atoms with van der Waals surface area (Å²) in [5.74, 6) is 0. The van der Waals surface area contributed by atoms with Gasteiger partial charge >= 0.3 is 0 Å². The van der Waals surface area contributed by atoms with Crippen LogP contribution in [0.4, 0.5) is 5.69 Å². The van der Waals surface area contributed by atoms with Gasteiger partial charge in [0, 0.05) is 35.3 Å². The van der Waals surface area contributed by atoms with Crippen molar-refractivity contribution in [3.8, 4) is 0 Å². The number of thioether (sulfide) groups is 1. The molecule has 1 aliphatic rings. The van der Waals surface area contributed by atoms with E-state index < -0.39 is 0 Å². The molecule has 110 valence electrons. The third-order valence-corrected chi connectivity index (χ3v) is 4.92. The van der Waals surface area contributed by atoms with Gasteiger partial charge in [-0.15, -0.1) is 11.8 Å². The van der Waals surface area contributed by atoms with Crippen LogP contribution in [0.3, 0.4) is 0 Å². The number of anilines is 1. The molecular formula is C15H23N3S2. The highest BCUT2D eigenvalue weighted by Crippen LogP contribution is 2.31. The van der Waals surface area contributed by atoms with Crippen LogP contribution in [0.5, 0.6) is 0 Å². The van der Waals surface area contributed by atoms with Gasteiger partial charge in [-0.05, 0) is 45.3 Å². The van der Waals surface area contributed by atoms with Crippen molar-refractivity contribution in [1.82, 2.24) is 4.90 Å². The van der Waals surface area contributed by atoms with Crippen LogP contribution in [-0.2, 0) is 0 Å². The van der Waals surface area contributed by atoms with E-state index in [0.717, 1.165) is 18.7 Å². The summed E-state index contributed by atoms with van der Waals surface area (Å²) in [6.07, 6.45) is 4.54. The predicted molar refractivity (Wildman–Crippen MR) is 93.0 cm³/mol. The summed E-state index contributed by atoms with van der Waals surface area (Å²) < 4.78 is 0. The van der Waals surface area contributed by atoms with Gasteiger partial charge in [-0.3, -0.25) is 0 Å². The Morgan fingerprint density at radius 1 is 1.45 bits per heavy atom. The van der Waals surface area contributed by atoms with Gasteiger partial charge in [0.15, 0.2) is 0 Å². The Bertz CT molecular complexity index is 488. The lowest BCUT2D eigenvalue weighted by Crippen LogP contribution is -2.45. The monoisotopic (exact) mass is 309 g/mol. The predicted octanol–water partition coefficient (Wildman–Crippen LogP) is 2.57. The summed E-state index contributed by atoms with van der Waals surface area (Å²) in [4.78, 5) is 6.41. The van der Waals surface area contributed by atoms with Crippen molar-refractivity contribution in [2.45, 2.75) is 23.8 Å². The minimum Gasteiger partial charge on any atom is -0.389 e. The number of hydrogen-bond donors (Lipinski definition) is 1. The highest BCUT2D eigenvalue weighted by atomic mass is 32.2. The minimum atomic E-state index is 0.497. The van der Waals surface area contributed by atoms with Gasteiger partial charge in [0.05, 0.1) is 0 Å². The summed E-state index contributed by atoms with van der Waals surface area (Å²) in [5, 5.41) is 0. The number of nitrogens with zero attached hydrogens (tertiary/aromatic N) is 2. The van der Waals surface area contributed by atoms with E-state index in [9.17, 15) is 0 Å². The van der Waals surface area contributed by atoms with Crippen molar-refractivity contribution in [1.29, 1.82) is 0 Å². The van der Waals surface area contributed by atoms with E-state index in [1.54, 1.807) is 11.8 Å². The first-order valence-electron chi connectivity index (χ1n) is 6.92. The Kier molecular flexibility index (Phi) is 5.29. The van der Waals surface area contributed by atoms with Crippen molar-refractivity contribution >= 4 is 34.7 Å². The zero-order valence-electron chi connectivity index (χ0n) is 12.4. The van der Waals surface area contributed by atoms with E-state index >= 15 is 0 Å². The summed E-state index contributed by atoms with van der Waals surface area (Å²) in [6.45, 7) is 2.12. The Labute approximate surface area is 131 Å². The van der Waals surface area contributed by atoms with E-state index in [1.807, 2.05) is 0 Å². The molecule has 0 amide bonds. The number of likely N-dealkylation sites (N-methyl/N-ethyl adjacent to an activating group) is 1. The molecule has 0 saturated carbocycles. The number of thiocarbonyl (C=S) groups is 1. The van der Waals surface area contributed by atoms with Gasteiger partial charge in [0.25, 0.3) is 0 Å². The molecule has 1 heterocycles. The Hall–Kier alpha value is -0.780. The Balaban J connectivity index is 2.34. The van der Waals surface area contributed by atoms with Crippen molar-refractivity contribution < 1.29 is 0 Å². The number of piperidine rings is 1. The maximum Gasteiger partial charge on any atom is 0.107 e. The molecule has 0 radical (unpaired) electrons. The largest absolute Gasteiger partial charge is 0.389 e. The zero-order valence-corrected chi connectivity index (χ0v) is 14.1. The van der Waals surface area contributed by atoms with E-state index in [1.165, 1.54) is 23.4 Å². The molecular weight excluding hydrogens is 286 g/mol. The molecule has 0 bridgehead atoms. The normalized spacial score (nSPS) is 19.4. The van der Waals surface area contributed by atoms with Crippen LogP contribution in [0.2, 0.25) is 0 Å².